The van der Waals surface area contributed by atoms with E-state index in [2.05, 4.69) is 24.9 Å². The lowest BCUT2D eigenvalue weighted by Gasteiger charge is -2.35. The number of carbonyl (C=O) groups is 1. The van der Waals surface area contributed by atoms with Crippen LogP contribution in [0.2, 0.25) is 0 Å². The number of hydrogen-bond donors (Lipinski definition) is 3. The van der Waals surface area contributed by atoms with Gasteiger partial charge in [0.15, 0.2) is 11.6 Å². The number of amides is 1. The highest BCUT2D eigenvalue weighted by molar-refractivity contribution is 7.97. The smallest absolute Gasteiger partial charge is 0.260 e. The summed E-state index contributed by atoms with van der Waals surface area (Å²) in [5, 5.41) is 13.0. The molecule has 3 aliphatic rings. The molecule has 2 saturated heterocycles. The molecule has 1 amide bonds. The van der Waals surface area contributed by atoms with Gasteiger partial charge in [0.2, 0.25) is 6.86 Å². The van der Waals surface area contributed by atoms with E-state index in [9.17, 15) is 14.3 Å². The summed E-state index contributed by atoms with van der Waals surface area (Å²) in [4.78, 5) is 27.0. The fraction of sp³-hybridized carbons (Fsp3) is 0.593. The van der Waals surface area contributed by atoms with Gasteiger partial charge in [0.05, 0.1) is 30.6 Å². The minimum absolute atomic E-state index is 0.00350. The van der Waals surface area contributed by atoms with E-state index in [1.54, 1.807) is 18.3 Å². The zero-order valence-corrected chi connectivity index (χ0v) is 23.3. The number of piperidine rings is 1. The molecule has 3 fully saturated rings. The van der Waals surface area contributed by atoms with Crippen molar-refractivity contribution in [1.29, 1.82) is 0 Å². The number of morpholine rings is 1. The highest BCUT2D eigenvalue weighted by Gasteiger charge is 2.44. The van der Waals surface area contributed by atoms with Crippen LogP contribution in [0.1, 0.15) is 49.9 Å². The molecule has 1 saturated carbocycles. The van der Waals surface area contributed by atoms with Gasteiger partial charge in [-0.3, -0.25) is 9.52 Å². The van der Waals surface area contributed by atoms with Crippen LogP contribution in [0.4, 0.5) is 21.7 Å². The van der Waals surface area contributed by atoms with E-state index in [1.807, 2.05) is 24.8 Å². The Balaban J connectivity index is 1.38. The third kappa shape index (κ3) is 6.74. The summed E-state index contributed by atoms with van der Waals surface area (Å²) in [6.45, 7) is 6.38. The summed E-state index contributed by atoms with van der Waals surface area (Å²) in [5.74, 6) is 0.824. The third-order valence-electron chi connectivity index (χ3n) is 7.69. The number of aliphatic hydroxyl groups excluding tert-OH is 1. The second-order valence-corrected chi connectivity index (χ2v) is 11.5. The number of ether oxygens (including phenoxy) is 2. The first-order valence-electron chi connectivity index (χ1n) is 13.6. The Morgan fingerprint density at radius 1 is 1.28 bits per heavy atom. The van der Waals surface area contributed by atoms with Gasteiger partial charge in [-0.1, -0.05) is 0 Å². The first-order valence-corrected chi connectivity index (χ1v) is 14.4. The van der Waals surface area contributed by atoms with Crippen molar-refractivity contribution in [2.24, 2.45) is 5.41 Å². The standard InChI is InChI=1S/C27H37FN6O4S/c1-18(16-35)32-39-24-13-21(33-9-7-27(5-6-27)8-10-33)20(14-29-24)26(36)31-23-4-3-22(38-17-28)25(30-23)34-11-12-37-19(2)15-34/h3-4,13-14,18-19,32,35H,5-12,15-17H2,1-2H3,(H,30,31,36)/t18-,19+/m0/s1. The van der Waals surface area contributed by atoms with E-state index in [-0.39, 0.29) is 24.7 Å². The van der Waals surface area contributed by atoms with Crippen LogP contribution >= 0.6 is 11.9 Å². The van der Waals surface area contributed by atoms with Gasteiger partial charge in [-0.25, -0.2) is 14.4 Å². The van der Waals surface area contributed by atoms with Crippen molar-refractivity contribution in [3.8, 4) is 5.75 Å². The van der Waals surface area contributed by atoms with Crippen LogP contribution in [0.5, 0.6) is 5.75 Å². The highest BCUT2D eigenvalue weighted by Crippen LogP contribution is 2.54. The molecule has 0 aromatic carbocycles. The van der Waals surface area contributed by atoms with Crippen molar-refractivity contribution in [1.82, 2.24) is 14.7 Å². The Labute approximate surface area is 232 Å². The lowest BCUT2D eigenvalue weighted by Crippen LogP contribution is -2.41. The van der Waals surface area contributed by atoms with Crippen LogP contribution in [-0.4, -0.2) is 79.4 Å². The Morgan fingerprint density at radius 3 is 2.77 bits per heavy atom. The van der Waals surface area contributed by atoms with Gasteiger partial charge in [0.1, 0.15) is 10.8 Å². The van der Waals surface area contributed by atoms with Crippen molar-refractivity contribution in [3.05, 3.63) is 30.0 Å². The van der Waals surface area contributed by atoms with Crippen molar-refractivity contribution in [3.63, 3.8) is 0 Å². The fourth-order valence-corrected chi connectivity index (χ4v) is 5.79. The molecule has 0 bridgehead atoms. The Hall–Kier alpha value is -2.67. The number of rotatable bonds is 10. The lowest BCUT2D eigenvalue weighted by molar-refractivity contribution is 0.0526. The van der Waals surface area contributed by atoms with Gasteiger partial charge < -0.3 is 29.7 Å². The molecule has 5 rings (SSSR count). The van der Waals surface area contributed by atoms with Gasteiger partial charge in [-0.15, -0.1) is 0 Å². The molecule has 1 aliphatic carbocycles. The Kier molecular flexibility index (Phi) is 8.75. The number of anilines is 3. The summed E-state index contributed by atoms with van der Waals surface area (Å²) in [7, 11) is 0. The number of nitrogens with zero attached hydrogens (tertiary/aromatic N) is 4. The molecular weight excluding hydrogens is 523 g/mol. The number of halogens is 1. The molecule has 2 atom stereocenters. The van der Waals surface area contributed by atoms with E-state index >= 15 is 0 Å². The second kappa shape index (κ2) is 12.2. The van der Waals surface area contributed by atoms with Crippen LogP contribution in [0, 0.1) is 5.41 Å². The van der Waals surface area contributed by atoms with E-state index in [1.165, 1.54) is 24.8 Å². The number of hydrogen-bond acceptors (Lipinski definition) is 10. The summed E-state index contributed by atoms with van der Waals surface area (Å²) in [6.07, 6.45) is 6.44. The molecule has 2 aliphatic heterocycles. The number of pyridine rings is 2. The first-order chi connectivity index (χ1) is 18.9. The number of aliphatic hydroxyl groups is 1. The van der Waals surface area contributed by atoms with E-state index in [0.717, 1.165) is 36.6 Å². The highest BCUT2D eigenvalue weighted by atomic mass is 32.2. The van der Waals surface area contributed by atoms with Gasteiger partial charge in [-0.05, 0) is 75.1 Å². The molecule has 1 spiro atoms. The molecular formula is C27H37FN6O4S. The van der Waals surface area contributed by atoms with Gasteiger partial charge >= 0.3 is 0 Å². The molecule has 39 heavy (non-hydrogen) atoms. The maximum absolute atomic E-state index is 13.6. The van der Waals surface area contributed by atoms with Crippen LogP contribution in [0.15, 0.2) is 29.4 Å². The zero-order valence-electron chi connectivity index (χ0n) is 22.5. The predicted molar refractivity (Wildman–Crippen MR) is 149 cm³/mol. The SMILES string of the molecule is C[C@@H]1CN(c2nc(NC(=O)c3cnc(SN[C@@H](C)CO)cc3N3CCC4(CC3)CC4)ccc2OCF)CCO1. The molecule has 3 N–H and O–H groups in total. The van der Waals surface area contributed by atoms with Crippen molar-refractivity contribution >= 4 is 35.2 Å². The molecule has 10 nitrogen and oxygen atoms in total. The number of alkyl halides is 1. The predicted octanol–water partition coefficient (Wildman–Crippen LogP) is 3.62. The molecule has 212 valence electrons. The Bertz CT molecular complexity index is 1160. The summed E-state index contributed by atoms with van der Waals surface area (Å²) >= 11 is 1.34. The summed E-state index contributed by atoms with van der Waals surface area (Å²) in [6, 6.07) is 5.09. The van der Waals surface area contributed by atoms with Crippen molar-refractivity contribution in [2.45, 2.75) is 56.7 Å². The maximum atomic E-state index is 13.6. The molecule has 0 unspecified atom stereocenters. The van der Waals surface area contributed by atoms with Crippen LogP contribution in [0.25, 0.3) is 0 Å². The van der Waals surface area contributed by atoms with Crippen molar-refractivity contribution in [2.75, 3.05) is 61.4 Å². The quantitative estimate of drug-likeness (QED) is 0.373. The summed E-state index contributed by atoms with van der Waals surface area (Å²) in [5.41, 5.74) is 1.80. The van der Waals surface area contributed by atoms with E-state index < -0.39 is 6.86 Å². The van der Waals surface area contributed by atoms with Crippen molar-refractivity contribution < 1.29 is 23.8 Å². The largest absolute Gasteiger partial charge is 0.459 e. The average Bonchev–Trinajstić information content (AvgIpc) is 3.71. The minimum Gasteiger partial charge on any atom is -0.459 e. The monoisotopic (exact) mass is 560 g/mol. The maximum Gasteiger partial charge on any atom is 0.260 e. The van der Waals surface area contributed by atoms with Gasteiger partial charge in [-0.2, -0.15) is 0 Å². The van der Waals surface area contributed by atoms with E-state index in [0.29, 0.717) is 48.1 Å². The normalized spacial score (nSPS) is 21.1. The molecule has 12 heteroatoms. The topological polar surface area (TPSA) is 112 Å². The lowest BCUT2D eigenvalue weighted by atomic mass is 9.93. The second-order valence-electron chi connectivity index (χ2n) is 10.7. The van der Waals surface area contributed by atoms with Crippen LogP contribution < -0.4 is 24.6 Å². The first kappa shape index (κ1) is 27.9. The van der Waals surface area contributed by atoms with Crippen LogP contribution in [0.3, 0.4) is 0 Å². The van der Waals surface area contributed by atoms with Gasteiger partial charge in [0.25, 0.3) is 5.91 Å². The van der Waals surface area contributed by atoms with Crippen LogP contribution in [-0.2, 0) is 4.74 Å². The minimum atomic E-state index is -0.970. The molecule has 4 heterocycles. The average molecular weight is 561 g/mol. The third-order valence-corrected chi connectivity index (χ3v) is 8.65. The van der Waals surface area contributed by atoms with E-state index in [4.69, 9.17) is 9.47 Å². The fourth-order valence-electron chi connectivity index (χ4n) is 5.11. The molecule has 0 radical (unpaired) electrons. The summed E-state index contributed by atoms with van der Waals surface area (Å²) < 4.78 is 27.1. The number of aromatic nitrogens is 2. The molecule has 2 aromatic heterocycles. The number of nitrogens with one attached hydrogen (secondary N) is 2. The molecule has 2 aromatic rings. The van der Waals surface area contributed by atoms with Gasteiger partial charge in [0, 0.05) is 38.4 Å². The number of carbonyl (C=O) groups excluding carboxylic acids is 1. The Morgan fingerprint density at radius 2 is 2.08 bits per heavy atom. The zero-order chi connectivity index (χ0) is 27.4.